The Morgan fingerprint density at radius 1 is 1.03 bits per heavy atom. The molecule has 1 aliphatic heterocycles. The molecule has 3 aromatic rings. The summed E-state index contributed by atoms with van der Waals surface area (Å²) in [5.41, 5.74) is 5.07. The average Bonchev–Trinajstić information content (AvgIpc) is 3.33. The molecule has 1 amide bonds. The van der Waals surface area contributed by atoms with Gasteiger partial charge in [-0.1, -0.05) is 6.07 Å². The van der Waals surface area contributed by atoms with E-state index in [0.29, 0.717) is 24.4 Å². The predicted octanol–water partition coefficient (Wildman–Crippen LogP) is 2.65. The number of carbonyl (C=O) groups excluding carboxylic acids is 1. The highest BCUT2D eigenvalue weighted by atomic mass is 16.7. The second kappa shape index (κ2) is 7.27. The molecule has 0 saturated heterocycles. The lowest BCUT2D eigenvalue weighted by Gasteiger charge is -2.22. The van der Waals surface area contributed by atoms with Gasteiger partial charge in [0.15, 0.2) is 11.5 Å². The van der Waals surface area contributed by atoms with Crippen LogP contribution in [-0.2, 0) is 27.2 Å². The minimum Gasteiger partial charge on any atom is -0.454 e. The van der Waals surface area contributed by atoms with Crippen LogP contribution in [0.15, 0.2) is 24.3 Å². The topological polar surface area (TPSA) is 74.4 Å². The van der Waals surface area contributed by atoms with Gasteiger partial charge in [0.25, 0.3) is 5.91 Å². The number of carbonyl (C=O) groups is 1. The summed E-state index contributed by atoms with van der Waals surface area (Å²) in [5.74, 6) is 1.37. The summed E-state index contributed by atoms with van der Waals surface area (Å²) in [6, 6.07) is 7.77. The van der Waals surface area contributed by atoms with Crippen molar-refractivity contribution in [2.45, 2.75) is 33.9 Å². The third-order valence-corrected chi connectivity index (χ3v) is 5.34. The molecule has 0 spiro atoms. The van der Waals surface area contributed by atoms with Gasteiger partial charge in [-0.2, -0.15) is 10.2 Å². The maximum atomic E-state index is 13.5. The molecule has 1 aliphatic rings. The monoisotopic (exact) mass is 395 g/mol. The number of hydrogen-bond donors (Lipinski definition) is 0. The fourth-order valence-corrected chi connectivity index (χ4v) is 3.61. The van der Waals surface area contributed by atoms with Gasteiger partial charge in [0.1, 0.15) is 0 Å². The molecular formula is C21H25N5O3. The van der Waals surface area contributed by atoms with Gasteiger partial charge >= 0.3 is 0 Å². The molecule has 0 unspecified atom stereocenters. The number of ether oxygens (including phenoxy) is 2. The van der Waals surface area contributed by atoms with E-state index in [2.05, 4.69) is 10.2 Å². The van der Waals surface area contributed by atoms with Crippen LogP contribution < -0.4 is 9.47 Å². The van der Waals surface area contributed by atoms with E-state index < -0.39 is 0 Å². The third kappa shape index (κ3) is 3.57. The normalized spacial score (nSPS) is 12.4. The lowest BCUT2D eigenvalue weighted by Crippen LogP contribution is -2.31. The van der Waals surface area contributed by atoms with E-state index in [1.807, 2.05) is 63.8 Å². The second-order valence-electron chi connectivity index (χ2n) is 7.42. The van der Waals surface area contributed by atoms with Gasteiger partial charge in [-0.15, -0.1) is 0 Å². The third-order valence-electron chi connectivity index (χ3n) is 5.34. The summed E-state index contributed by atoms with van der Waals surface area (Å²) < 4.78 is 14.4. The van der Waals surface area contributed by atoms with Crippen molar-refractivity contribution in [2.24, 2.45) is 14.1 Å². The Balaban J connectivity index is 1.67. The van der Waals surface area contributed by atoms with Gasteiger partial charge in [-0.3, -0.25) is 14.2 Å². The number of nitrogens with zero attached hydrogens (tertiary/aromatic N) is 5. The molecule has 3 heterocycles. The first-order valence-electron chi connectivity index (χ1n) is 9.51. The van der Waals surface area contributed by atoms with Crippen molar-refractivity contribution in [1.29, 1.82) is 0 Å². The van der Waals surface area contributed by atoms with Crippen molar-refractivity contribution in [3.63, 3.8) is 0 Å². The van der Waals surface area contributed by atoms with E-state index >= 15 is 0 Å². The summed E-state index contributed by atoms with van der Waals surface area (Å²) in [6.07, 6.45) is 0. The molecule has 0 atom stereocenters. The molecule has 0 N–H and O–H groups in total. The van der Waals surface area contributed by atoms with E-state index in [-0.39, 0.29) is 12.7 Å². The number of fused-ring (bicyclic) bond motifs is 1. The Morgan fingerprint density at radius 2 is 1.79 bits per heavy atom. The number of aromatic nitrogens is 4. The quantitative estimate of drug-likeness (QED) is 0.664. The maximum absolute atomic E-state index is 13.5. The van der Waals surface area contributed by atoms with Crippen LogP contribution in [0.1, 0.15) is 38.7 Å². The van der Waals surface area contributed by atoms with E-state index in [9.17, 15) is 4.79 Å². The molecule has 152 valence electrons. The van der Waals surface area contributed by atoms with Crippen LogP contribution in [0.3, 0.4) is 0 Å². The Morgan fingerprint density at radius 3 is 2.45 bits per heavy atom. The van der Waals surface area contributed by atoms with E-state index in [1.165, 1.54) is 0 Å². The SMILES string of the molecule is Cc1nn(C)c(C)c1C(=O)N(Cc1ccc2c(c1)OCO2)Cc1cc(C)n(C)n1. The summed E-state index contributed by atoms with van der Waals surface area (Å²) in [4.78, 5) is 15.3. The van der Waals surface area contributed by atoms with Crippen molar-refractivity contribution in [1.82, 2.24) is 24.5 Å². The molecule has 0 aliphatic carbocycles. The van der Waals surface area contributed by atoms with Crippen LogP contribution in [0, 0.1) is 20.8 Å². The summed E-state index contributed by atoms with van der Waals surface area (Å²) >= 11 is 0. The molecule has 0 saturated carbocycles. The predicted molar refractivity (Wildman–Crippen MR) is 107 cm³/mol. The van der Waals surface area contributed by atoms with Crippen LogP contribution in [-0.4, -0.2) is 37.2 Å². The first-order valence-corrected chi connectivity index (χ1v) is 9.51. The highest BCUT2D eigenvalue weighted by Crippen LogP contribution is 2.33. The van der Waals surface area contributed by atoms with Crippen LogP contribution in [0.5, 0.6) is 11.5 Å². The minimum atomic E-state index is -0.0610. The lowest BCUT2D eigenvalue weighted by atomic mass is 10.1. The standard InChI is InChI=1S/C21H25N5O3/c1-13-8-17(23-24(13)4)11-26(21(27)20-14(2)22-25(5)15(20)3)10-16-6-7-18-19(9-16)29-12-28-18/h6-9H,10-12H2,1-5H3. The summed E-state index contributed by atoms with van der Waals surface area (Å²) in [7, 11) is 3.75. The molecular weight excluding hydrogens is 370 g/mol. The summed E-state index contributed by atoms with van der Waals surface area (Å²) in [5, 5.41) is 8.94. The van der Waals surface area contributed by atoms with Crippen LogP contribution >= 0.6 is 0 Å². The van der Waals surface area contributed by atoms with Crippen LogP contribution in [0.2, 0.25) is 0 Å². The smallest absolute Gasteiger partial charge is 0.258 e. The second-order valence-corrected chi connectivity index (χ2v) is 7.42. The molecule has 29 heavy (non-hydrogen) atoms. The Hall–Kier alpha value is -3.29. The minimum absolute atomic E-state index is 0.0610. The van der Waals surface area contributed by atoms with Crippen LogP contribution in [0.25, 0.3) is 0 Å². The van der Waals surface area contributed by atoms with Crippen molar-refractivity contribution >= 4 is 5.91 Å². The molecule has 8 heteroatoms. The Bertz CT molecular complexity index is 1060. The zero-order valence-electron chi connectivity index (χ0n) is 17.4. The van der Waals surface area contributed by atoms with E-state index in [4.69, 9.17) is 9.47 Å². The Labute approximate surface area is 169 Å². The highest BCUT2D eigenvalue weighted by Gasteiger charge is 2.25. The van der Waals surface area contributed by atoms with Crippen molar-refractivity contribution < 1.29 is 14.3 Å². The number of rotatable bonds is 5. The molecule has 0 radical (unpaired) electrons. The molecule has 4 rings (SSSR count). The van der Waals surface area contributed by atoms with Gasteiger partial charge < -0.3 is 14.4 Å². The number of hydrogen-bond acceptors (Lipinski definition) is 5. The first kappa shape index (κ1) is 19.0. The zero-order valence-corrected chi connectivity index (χ0v) is 17.4. The van der Waals surface area contributed by atoms with Gasteiger partial charge in [0.05, 0.1) is 23.5 Å². The number of amides is 1. The molecule has 2 aromatic heterocycles. The average molecular weight is 395 g/mol. The maximum Gasteiger partial charge on any atom is 0.258 e. The number of aryl methyl sites for hydroxylation is 4. The molecule has 8 nitrogen and oxygen atoms in total. The van der Waals surface area contributed by atoms with Gasteiger partial charge in [-0.25, -0.2) is 0 Å². The fourth-order valence-electron chi connectivity index (χ4n) is 3.61. The fraction of sp³-hybridized carbons (Fsp3) is 0.381. The van der Waals surface area contributed by atoms with Crippen LogP contribution in [0.4, 0.5) is 0 Å². The van der Waals surface area contributed by atoms with Gasteiger partial charge in [-0.05, 0) is 44.5 Å². The van der Waals surface area contributed by atoms with Gasteiger partial charge in [0, 0.05) is 32.0 Å². The largest absolute Gasteiger partial charge is 0.454 e. The van der Waals surface area contributed by atoms with Crippen molar-refractivity contribution in [3.8, 4) is 11.5 Å². The first-order chi connectivity index (χ1) is 13.8. The van der Waals surface area contributed by atoms with Gasteiger partial charge in [0.2, 0.25) is 6.79 Å². The summed E-state index contributed by atoms with van der Waals surface area (Å²) in [6.45, 7) is 6.83. The molecule has 1 aromatic carbocycles. The number of benzene rings is 1. The Kier molecular flexibility index (Phi) is 4.77. The van der Waals surface area contributed by atoms with E-state index in [0.717, 1.165) is 34.1 Å². The molecule has 0 bridgehead atoms. The van der Waals surface area contributed by atoms with Crippen molar-refractivity contribution in [3.05, 3.63) is 58.2 Å². The zero-order chi connectivity index (χ0) is 20.7. The molecule has 0 fully saturated rings. The van der Waals surface area contributed by atoms with E-state index in [1.54, 1.807) is 9.58 Å². The lowest BCUT2D eigenvalue weighted by molar-refractivity contribution is 0.0725. The van der Waals surface area contributed by atoms with Crippen molar-refractivity contribution in [2.75, 3.05) is 6.79 Å². The highest BCUT2D eigenvalue weighted by molar-refractivity contribution is 5.96.